The Bertz CT molecular complexity index is 487. The van der Waals surface area contributed by atoms with Gasteiger partial charge in [0, 0.05) is 5.92 Å². The van der Waals surface area contributed by atoms with Crippen LogP contribution in [0, 0.1) is 5.92 Å². The Kier molecular flexibility index (Phi) is 4.72. The molecule has 2 aromatic carbocycles. The molecular formula is C20H25N. The molecule has 0 bridgehead atoms. The Hall–Kier alpha value is -1.60. The van der Waals surface area contributed by atoms with Crippen LogP contribution >= 0.6 is 0 Å². The van der Waals surface area contributed by atoms with E-state index in [1.165, 1.54) is 43.6 Å². The van der Waals surface area contributed by atoms with Crippen LogP contribution in [0.25, 0.3) is 0 Å². The second-order valence-electron chi connectivity index (χ2n) is 6.07. The van der Waals surface area contributed by atoms with Crippen LogP contribution in [0.5, 0.6) is 0 Å². The Balaban J connectivity index is 1.87. The van der Waals surface area contributed by atoms with Gasteiger partial charge in [0.15, 0.2) is 0 Å². The van der Waals surface area contributed by atoms with Gasteiger partial charge in [-0.05, 0) is 49.5 Å². The normalized spacial score (nSPS) is 17.2. The fraction of sp³-hybridized carbons (Fsp3) is 0.400. The predicted octanol–water partition coefficient (Wildman–Crippen LogP) is 4.55. The number of hydrogen-bond donors (Lipinski definition) is 0. The minimum atomic E-state index is 0.548. The van der Waals surface area contributed by atoms with Crippen LogP contribution in [-0.4, -0.2) is 24.5 Å². The van der Waals surface area contributed by atoms with Gasteiger partial charge >= 0.3 is 0 Å². The van der Waals surface area contributed by atoms with E-state index in [1.54, 1.807) is 0 Å². The van der Waals surface area contributed by atoms with Crippen molar-refractivity contribution in [3.8, 4) is 0 Å². The van der Waals surface area contributed by atoms with Crippen molar-refractivity contribution in [1.82, 2.24) is 4.90 Å². The van der Waals surface area contributed by atoms with Crippen molar-refractivity contribution in [3.05, 3.63) is 71.8 Å². The van der Waals surface area contributed by atoms with Gasteiger partial charge in [-0.3, -0.25) is 0 Å². The van der Waals surface area contributed by atoms with Gasteiger partial charge in [-0.15, -0.1) is 0 Å². The maximum atomic E-state index is 2.57. The van der Waals surface area contributed by atoms with E-state index < -0.39 is 0 Å². The van der Waals surface area contributed by atoms with Gasteiger partial charge in [0.05, 0.1) is 0 Å². The van der Waals surface area contributed by atoms with Crippen LogP contribution in [0.15, 0.2) is 60.7 Å². The van der Waals surface area contributed by atoms with E-state index in [0.29, 0.717) is 5.92 Å². The van der Waals surface area contributed by atoms with Gasteiger partial charge in [-0.25, -0.2) is 0 Å². The Labute approximate surface area is 128 Å². The number of rotatable bonds is 4. The van der Waals surface area contributed by atoms with Crippen molar-refractivity contribution in [2.45, 2.75) is 25.7 Å². The molecule has 3 rings (SSSR count). The van der Waals surface area contributed by atoms with E-state index in [9.17, 15) is 0 Å². The second kappa shape index (κ2) is 6.91. The average Bonchev–Trinajstić information content (AvgIpc) is 2.58. The molecule has 21 heavy (non-hydrogen) atoms. The van der Waals surface area contributed by atoms with E-state index in [1.807, 2.05) is 0 Å². The Morgan fingerprint density at radius 3 is 1.76 bits per heavy atom. The molecular weight excluding hydrogens is 254 g/mol. The largest absolute Gasteiger partial charge is 0.304 e. The SMILES string of the molecule is CCN1CCC(C(c2ccccc2)c2ccccc2)CC1. The number of nitrogens with zero attached hydrogens (tertiary/aromatic N) is 1. The standard InChI is InChI=1S/C20H25N/c1-2-21-15-13-19(14-16-21)20(17-9-5-3-6-10-17)18-11-7-4-8-12-18/h3-12,19-20H,2,13-16H2,1H3. The number of benzene rings is 2. The molecule has 1 aliphatic rings. The van der Waals surface area contributed by atoms with Gasteiger partial charge in [0.2, 0.25) is 0 Å². The van der Waals surface area contributed by atoms with Crippen molar-refractivity contribution in [3.63, 3.8) is 0 Å². The smallest absolute Gasteiger partial charge is 0.0119 e. The topological polar surface area (TPSA) is 3.24 Å². The number of piperidine rings is 1. The molecule has 0 amide bonds. The maximum absolute atomic E-state index is 2.57. The lowest BCUT2D eigenvalue weighted by Crippen LogP contribution is -2.35. The predicted molar refractivity (Wildman–Crippen MR) is 89.6 cm³/mol. The van der Waals surface area contributed by atoms with Crippen LogP contribution in [0.4, 0.5) is 0 Å². The molecule has 0 N–H and O–H groups in total. The van der Waals surface area contributed by atoms with Crippen molar-refractivity contribution in [1.29, 1.82) is 0 Å². The molecule has 2 aromatic rings. The second-order valence-corrected chi connectivity index (χ2v) is 6.07. The van der Waals surface area contributed by atoms with E-state index in [-0.39, 0.29) is 0 Å². The lowest BCUT2D eigenvalue weighted by molar-refractivity contribution is 0.182. The third-order valence-electron chi connectivity index (χ3n) is 4.87. The van der Waals surface area contributed by atoms with Gasteiger partial charge in [-0.1, -0.05) is 67.6 Å². The van der Waals surface area contributed by atoms with Crippen LogP contribution in [0.3, 0.4) is 0 Å². The van der Waals surface area contributed by atoms with E-state index >= 15 is 0 Å². The van der Waals surface area contributed by atoms with Crippen LogP contribution < -0.4 is 0 Å². The summed E-state index contributed by atoms with van der Waals surface area (Å²) < 4.78 is 0. The van der Waals surface area contributed by atoms with E-state index in [4.69, 9.17) is 0 Å². The molecule has 1 nitrogen and oxygen atoms in total. The molecule has 0 aromatic heterocycles. The van der Waals surface area contributed by atoms with Crippen molar-refractivity contribution in [2.75, 3.05) is 19.6 Å². The van der Waals surface area contributed by atoms with E-state index in [2.05, 4.69) is 72.5 Å². The van der Waals surface area contributed by atoms with Crippen molar-refractivity contribution in [2.24, 2.45) is 5.92 Å². The summed E-state index contributed by atoms with van der Waals surface area (Å²) in [7, 11) is 0. The first-order valence-electron chi connectivity index (χ1n) is 8.20. The first-order valence-corrected chi connectivity index (χ1v) is 8.20. The summed E-state index contributed by atoms with van der Waals surface area (Å²) in [5, 5.41) is 0. The molecule has 0 unspecified atom stereocenters. The van der Waals surface area contributed by atoms with Crippen LogP contribution in [0.2, 0.25) is 0 Å². The molecule has 110 valence electrons. The zero-order valence-electron chi connectivity index (χ0n) is 12.9. The van der Waals surface area contributed by atoms with Gasteiger partial charge in [0.25, 0.3) is 0 Å². The lowest BCUT2D eigenvalue weighted by atomic mass is 9.76. The first kappa shape index (κ1) is 14.3. The molecule has 1 aliphatic heterocycles. The van der Waals surface area contributed by atoms with Gasteiger partial charge < -0.3 is 4.90 Å². The summed E-state index contributed by atoms with van der Waals surface area (Å²) >= 11 is 0. The monoisotopic (exact) mass is 279 g/mol. The lowest BCUT2D eigenvalue weighted by Gasteiger charge is -2.36. The molecule has 0 spiro atoms. The zero-order valence-corrected chi connectivity index (χ0v) is 12.9. The fourth-order valence-corrected chi connectivity index (χ4v) is 3.66. The minimum absolute atomic E-state index is 0.548. The highest BCUT2D eigenvalue weighted by Crippen LogP contribution is 2.37. The molecule has 1 saturated heterocycles. The zero-order chi connectivity index (χ0) is 14.5. The number of hydrogen-bond acceptors (Lipinski definition) is 1. The highest BCUT2D eigenvalue weighted by molar-refractivity contribution is 5.33. The summed E-state index contributed by atoms with van der Waals surface area (Å²) in [6.07, 6.45) is 2.62. The van der Waals surface area contributed by atoms with Crippen LogP contribution in [0.1, 0.15) is 36.8 Å². The highest BCUT2D eigenvalue weighted by atomic mass is 15.1. The molecule has 0 saturated carbocycles. The van der Waals surface area contributed by atoms with Crippen molar-refractivity contribution >= 4 is 0 Å². The quantitative estimate of drug-likeness (QED) is 0.793. The summed E-state index contributed by atoms with van der Waals surface area (Å²) in [4.78, 5) is 2.57. The van der Waals surface area contributed by atoms with Crippen LogP contribution in [-0.2, 0) is 0 Å². The van der Waals surface area contributed by atoms with Gasteiger partial charge in [-0.2, -0.15) is 0 Å². The number of likely N-dealkylation sites (tertiary alicyclic amines) is 1. The van der Waals surface area contributed by atoms with Gasteiger partial charge in [0.1, 0.15) is 0 Å². The Morgan fingerprint density at radius 2 is 1.33 bits per heavy atom. The summed E-state index contributed by atoms with van der Waals surface area (Å²) in [6.45, 7) is 5.95. The molecule has 0 atom stereocenters. The third kappa shape index (κ3) is 3.36. The molecule has 1 heterocycles. The fourth-order valence-electron chi connectivity index (χ4n) is 3.66. The summed E-state index contributed by atoms with van der Waals surface area (Å²) in [5.74, 6) is 1.31. The van der Waals surface area contributed by atoms with Crippen molar-refractivity contribution < 1.29 is 0 Å². The average molecular weight is 279 g/mol. The first-order chi connectivity index (χ1) is 10.4. The van der Waals surface area contributed by atoms with E-state index in [0.717, 1.165) is 5.92 Å². The molecule has 0 aliphatic carbocycles. The summed E-state index contributed by atoms with van der Waals surface area (Å²) in [5.41, 5.74) is 2.94. The Morgan fingerprint density at radius 1 is 0.857 bits per heavy atom. The maximum Gasteiger partial charge on any atom is 0.0119 e. The summed E-state index contributed by atoms with van der Waals surface area (Å²) in [6, 6.07) is 22.1. The highest BCUT2D eigenvalue weighted by Gasteiger charge is 2.28. The minimum Gasteiger partial charge on any atom is -0.304 e. The molecule has 0 radical (unpaired) electrons. The third-order valence-corrected chi connectivity index (χ3v) is 4.87. The molecule has 1 heteroatoms. The molecule has 1 fully saturated rings.